The second-order valence-electron chi connectivity index (χ2n) is 2.22. The number of hydrogen-bond donors (Lipinski definition) is 3. The first kappa shape index (κ1) is 9.62. The van der Waals surface area contributed by atoms with Gasteiger partial charge in [-0.25, -0.2) is 0 Å². The highest BCUT2D eigenvalue weighted by molar-refractivity contribution is 4.77. The Kier molecular flexibility index (Phi) is 5.20. The summed E-state index contributed by atoms with van der Waals surface area (Å²) >= 11 is 0. The van der Waals surface area contributed by atoms with Crippen molar-refractivity contribution in [1.82, 2.24) is 5.32 Å². The van der Waals surface area contributed by atoms with Gasteiger partial charge >= 0.3 is 0 Å². The Morgan fingerprint density at radius 2 is 2.10 bits per heavy atom. The van der Waals surface area contributed by atoms with Crippen molar-refractivity contribution in [2.24, 2.45) is 0 Å². The average Bonchev–Trinajstić information content (AvgIpc) is 1.89. The first-order valence-electron chi connectivity index (χ1n) is 3.34. The van der Waals surface area contributed by atoms with E-state index in [0.717, 1.165) is 0 Å². The highest BCUT2D eigenvalue weighted by atomic mass is 16.3. The van der Waals surface area contributed by atoms with Crippen LogP contribution in [0.15, 0.2) is 12.7 Å². The van der Waals surface area contributed by atoms with E-state index in [2.05, 4.69) is 11.9 Å². The van der Waals surface area contributed by atoms with Crippen LogP contribution < -0.4 is 5.32 Å². The molecule has 10 heavy (non-hydrogen) atoms. The molecule has 0 spiro atoms. The smallest absolute Gasteiger partial charge is 0.0925 e. The number of hydrogen-bond acceptors (Lipinski definition) is 3. The summed E-state index contributed by atoms with van der Waals surface area (Å²) in [7, 11) is 1.73. The molecule has 0 heterocycles. The predicted octanol–water partition coefficient (Wildman–Crippen LogP) is -0.496. The molecule has 0 aliphatic carbocycles. The molecule has 60 valence electrons. The van der Waals surface area contributed by atoms with Gasteiger partial charge in [0.05, 0.1) is 12.2 Å². The third-order valence-electron chi connectivity index (χ3n) is 1.27. The van der Waals surface area contributed by atoms with Crippen molar-refractivity contribution in [1.29, 1.82) is 0 Å². The zero-order valence-corrected chi connectivity index (χ0v) is 6.25. The molecule has 0 radical (unpaired) electrons. The summed E-state index contributed by atoms with van der Waals surface area (Å²) in [6.45, 7) is 3.86. The largest absolute Gasteiger partial charge is 0.390 e. The SMILES string of the molecule is C=CC[C@@H](O)[C@@H](O)CNC. The monoisotopic (exact) mass is 145 g/mol. The maximum absolute atomic E-state index is 9.09. The predicted molar refractivity (Wildman–Crippen MR) is 40.8 cm³/mol. The van der Waals surface area contributed by atoms with Crippen molar-refractivity contribution < 1.29 is 10.2 Å². The molecular weight excluding hydrogens is 130 g/mol. The fourth-order valence-electron chi connectivity index (χ4n) is 0.673. The quantitative estimate of drug-likeness (QED) is 0.457. The van der Waals surface area contributed by atoms with Crippen molar-refractivity contribution in [2.45, 2.75) is 18.6 Å². The first-order chi connectivity index (χ1) is 4.72. The van der Waals surface area contributed by atoms with Gasteiger partial charge in [-0.05, 0) is 13.5 Å². The van der Waals surface area contributed by atoms with Crippen LogP contribution in [0.3, 0.4) is 0 Å². The Bertz CT molecular complexity index is 95.6. The van der Waals surface area contributed by atoms with E-state index in [9.17, 15) is 0 Å². The molecule has 3 heteroatoms. The van der Waals surface area contributed by atoms with Gasteiger partial charge in [0, 0.05) is 6.54 Å². The van der Waals surface area contributed by atoms with Crippen molar-refractivity contribution in [3.8, 4) is 0 Å². The molecule has 0 rings (SSSR count). The van der Waals surface area contributed by atoms with E-state index in [1.54, 1.807) is 13.1 Å². The van der Waals surface area contributed by atoms with Crippen LogP contribution in [0.1, 0.15) is 6.42 Å². The lowest BCUT2D eigenvalue weighted by molar-refractivity contribution is 0.0235. The molecule has 3 N–H and O–H groups in total. The van der Waals surface area contributed by atoms with E-state index in [0.29, 0.717) is 13.0 Å². The molecule has 0 saturated heterocycles. The molecule has 0 aliphatic rings. The van der Waals surface area contributed by atoms with E-state index in [4.69, 9.17) is 10.2 Å². The van der Waals surface area contributed by atoms with Crippen molar-refractivity contribution in [2.75, 3.05) is 13.6 Å². The summed E-state index contributed by atoms with van der Waals surface area (Å²) in [4.78, 5) is 0. The summed E-state index contributed by atoms with van der Waals surface area (Å²) < 4.78 is 0. The van der Waals surface area contributed by atoms with E-state index >= 15 is 0 Å². The molecule has 0 aromatic heterocycles. The van der Waals surface area contributed by atoms with Gasteiger partial charge in [0.2, 0.25) is 0 Å². The van der Waals surface area contributed by atoms with Crippen LogP contribution in [0.2, 0.25) is 0 Å². The molecule has 0 aromatic rings. The van der Waals surface area contributed by atoms with Crippen LogP contribution in [0, 0.1) is 0 Å². The Hall–Kier alpha value is -0.380. The van der Waals surface area contributed by atoms with Crippen molar-refractivity contribution in [3.05, 3.63) is 12.7 Å². The van der Waals surface area contributed by atoms with Crippen LogP contribution in [-0.4, -0.2) is 36.0 Å². The van der Waals surface area contributed by atoms with E-state index in [-0.39, 0.29) is 0 Å². The minimum atomic E-state index is -0.692. The Morgan fingerprint density at radius 1 is 1.50 bits per heavy atom. The maximum Gasteiger partial charge on any atom is 0.0925 e. The summed E-state index contributed by atoms with van der Waals surface area (Å²) in [5, 5.41) is 20.9. The Morgan fingerprint density at radius 3 is 2.50 bits per heavy atom. The Labute approximate surface area is 61.4 Å². The lowest BCUT2D eigenvalue weighted by Gasteiger charge is -2.14. The summed E-state index contributed by atoms with van der Waals surface area (Å²) in [5.41, 5.74) is 0. The van der Waals surface area contributed by atoms with Gasteiger partial charge in [0.25, 0.3) is 0 Å². The Balaban J connectivity index is 3.47. The summed E-state index contributed by atoms with van der Waals surface area (Å²) in [6.07, 6.45) is 0.639. The fourth-order valence-corrected chi connectivity index (χ4v) is 0.673. The van der Waals surface area contributed by atoms with Crippen LogP contribution in [0.25, 0.3) is 0 Å². The number of rotatable bonds is 5. The molecular formula is C7H15NO2. The minimum absolute atomic E-state index is 0.412. The fraction of sp³-hybridized carbons (Fsp3) is 0.714. The zero-order valence-electron chi connectivity index (χ0n) is 6.25. The number of nitrogens with one attached hydrogen (secondary N) is 1. The van der Waals surface area contributed by atoms with Gasteiger partial charge in [-0.3, -0.25) is 0 Å². The summed E-state index contributed by atoms with van der Waals surface area (Å²) in [6, 6.07) is 0. The van der Waals surface area contributed by atoms with Gasteiger partial charge in [0.1, 0.15) is 0 Å². The molecule has 0 aromatic carbocycles. The molecule has 0 bridgehead atoms. The van der Waals surface area contributed by atoms with Gasteiger partial charge in [-0.1, -0.05) is 6.08 Å². The second kappa shape index (κ2) is 5.41. The number of aliphatic hydroxyl groups excluding tert-OH is 2. The third kappa shape index (κ3) is 3.61. The molecule has 0 saturated carbocycles. The standard InChI is InChI=1S/C7H15NO2/c1-3-4-6(9)7(10)5-8-2/h3,6-10H,1,4-5H2,2H3/t6-,7+/m1/s1. The van der Waals surface area contributed by atoms with Crippen molar-refractivity contribution >= 4 is 0 Å². The molecule has 2 atom stereocenters. The van der Waals surface area contributed by atoms with Gasteiger partial charge in [-0.2, -0.15) is 0 Å². The van der Waals surface area contributed by atoms with E-state index < -0.39 is 12.2 Å². The van der Waals surface area contributed by atoms with Gasteiger partial charge < -0.3 is 15.5 Å². The topological polar surface area (TPSA) is 52.5 Å². The summed E-state index contributed by atoms with van der Waals surface area (Å²) in [5.74, 6) is 0. The lowest BCUT2D eigenvalue weighted by atomic mass is 10.1. The first-order valence-corrected chi connectivity index (χ1v) is 3.34. The molecule has 0 aliphatic heterocycles. The maximum atomic E-state index is 9.09. The van der Waals surface area contributed by atoms with Gasteiger partial charge in [-0.15, -0.1) is 6.58 Å². The van der Waals surface area contributed by atoms with E-state index in [1.807, 2.05) is 0 Å². The number of likely N-dealkylation sites (N-methyl/N-ethyl adjacent to an activating group) is 1. The number of aliphatic hydroxyl groups is 2. The van der Waals surface area contributed by atoms with Crippen LogP contribution in [0.4, 0.5) is 0 Å². The highest BCUT2D eigenvalue weighted by Crippen LogP contribution is 1.97. The zero-order chi connectivity index (χ0) is 7.98. The van der Waals surface area contributed by atoms with Crippen LogP contribution in [0.5, 0.6) is 0 Å². The average molecular weight is 145 g/mol. The molecule has 3 nitrogen and oxygen atoms in total. The lowest BCUT2D eigenvalue weighted by Crippen LogP contribution is -2.34. The second-order valence-corrected chi connectivity index (χ2v) is 2.22. The van der Waals surface area contributed by atoms with E-state index in [1.165, 1.54) is 0 Å². The molecule has 0 unspecified atom stereocenters. The third-order valence-corrected chi connectivity index (χ3v) is 1.27. The molecule has 0 fully saturated rings. The van der Waals surface area contributed by atoms with Gasteiger partial charge in [0.15, 0.2) is 0 Å². The minimum Gasteiger partial charge on any atom is -0.390 e. The normalized spacial score (nSPS) is 16.3. The van der Waals surface area contributed by atoms with Crippen LogP contribution >= 0.6 is 0 Å². The highest BCUT2D eigenvalue weighted by Gasteiger charge is 2.12. The van der Waals surface area contributed by atoms with Crippen LogP contribution in [-0.2, 0) is 0 Å². The molecule has 0 amide bonds. The van der Waals surface area contributed by atoms with Crippen molar-refractivity contribution in [3.63, 3.8) is 0 Å².